The average Bonchev–Trinajstić information content (AvgIpc) is 2.60. The smallest absolute Gasteiger partial charge is 0.337 e. The Bertz CT molecular complexity index is 928. The van der Waals surface area contributed by atoms with Gasteiger partial charge in [-0.05, 0) is 24.3 Å². The van der Waals surface area contributed by atoms with Gasteiger partial charge < -0.3 is 10.4 Å². The molecule has 1 amide bonds. The largest absolute Gasteiger partial charge is 0.478 e. The van der Waals surface area contributed by atoms with Crippen LogP contribution >= 0.6 is 0 Å². The highest BCUT2D eigenvalue weighted by molar-refractivity contribution is 6.12. The fourth-order valence-corrected chi connectivity index (χ4v) is 2.05. The van der Waals surface area contributed by atoms with Crippen LogP contribution in [0.1, 0.15) is 15.9 Å². The average molecular weight is 337 g/mol. The summed E-state index contributed by atoms with van der Waals surface area (Å²) in [6.45, 7) is 0. The third-order valence-electron chi connectivity index (χ3n) is 3.20. The van der Waals surface area contributed by atoms with E-state index >= 15 is 0 Å². The molecule has 0 saturated heterocycles. The molecule has 8 nitrogen and oxygen atoms in total. The van der Waals surface area contributed by atoms with E-state index in [0.29, 0.717) is 0 Å². The van der Waals surface area contributed by atoms with Crippen molar-refractivity contribution < 1.29 is 19.6 Å². The van der Waals surface area contributed by atoms with Gasteiger partial charge in [-0.25, -0.2) is 4.79 Å². The molecule has 0 aliphatic heterocycles. The molecular weight excluding hydrogens is 326 g/mol. The molecular formula is C17H11N3O5. The Labute approximate surface area is 141 Å². The Balaban J connectivity index is 2.37. The van der Waals surface area contributed by atoms with E-state index < -0.39 is 22.4 Å². The molecule has 0 bridgehead atoms. The quantitative estimate of drug-likeness (QED) is 0.373. The van der Waals surface area contributed by atoms with Crippen LogP contribution in [0, 0.1) is 21.4 Å². The first kappa shape index (κ1) is 17.4. The number of nitrogens with zero attached hydrogens (tertiary/aromatic N) is 2. The number of carbonyl (C=O) groups excluding carboxylic acids is 1. The van der Waals surface area contributed by atoms with E-state index in [1.54, 1.807) is 6.07 Å². The number of benzene rings is 2. The molecule has 0 spiro atoms. The van der Waals surface area contributed by atoms with Crippen LogP contribution in [0.15, 0.2) is 54.1 Å². The van der Waals surface area contributed by atoms with E-state index in [1.165, 1.54) is 48.5 Å². The topological polar surface area (TPSA) is 133 Å². The van der Waals surface area contributed by atoms with Gasteiger partial charge in [0.1, 0.15) is 11.6 Å². The van der Waals surface area contributed by atoms with Gasteiger partial charge >= 0.3 is 5.97 Å². The van der Waals surface area contributed by atoms with Crippen molar-refractivity contribution in [2.45, 2.75) is 0 Å². The summed E-state index contributed by atoms with van der Waals surface area (Å²) < 4.78 is 0. The zero-order valence-corrected chi connectivity index (χ0v) is 12.7. The standard InChI is InChI=1S/C17H11N3O5/c18-10-12(9-11-5-1-4-8-15(11)20(24)25)16(21)19-14-7-3-2-6-13(14)17(22)23/h1-9H,(H,19,21)(H,22,23)/b12-9+. The van der Waals surface area contributed by atoms with Crippen molar-refractivity contribution in [2.75, 3.05) is 5.32 Å². The number of hydrogen-bond acceptors (Lipinski definition) is 5. The maximum Gasteiger partial charge on any atom is 0.337 e. The number of carboxylic acid groups (broad SMARTS) is 1. The number of nitro groups is 1. The second-order valence-electron chi connectivity index (χ2n) is 4.79. The first-order valence-electron chi connectivity index (χ1n) is 6.93. The number of para-hydroxylation sites is 2. The second kappa shape index (κ2) is 7.52. The molecule has 0 heterocycles. The fraction of sp³-hybridized carbons (Fsp3) is 0. The number of nitro benzene ring substituents is 1. The van der Waals surface area contributed by atoms with Crippen molar-refractivity contribution in [3.05, 3.63) is 75.3 Å². The van der Waals surface area contributed by atoms with Crippen LogP contribution in [0.2, 0.25) is 0 Å². The number of hydrogen-bond donors (Lipinski definition) is 2. The molecule has 0 fully saturated rings. The third kappa shape index (κ3) is 4.05. The van der Waals surface area contributed by atoms with Gasteiger partial charge in [0.2, 0.25) is 0 Å². The number of anilines is 1. The molecule has 2 N–H and O–H groups in total. The van der Waals surface area contributed by atoms with Gasteiger partial charge in [0.25, 0.3) is 11.6 Å². The third-order valence-corrected chi connectivity index (χ3v) is 3.20. The first-order chi connectivity index (χ1) is 11.9. The van der Waals surface area contributed by atoms with E-state index in [9.17, 15) is 25.0 Å². The van der Waals surface area contributed by atoms with E-state index in [-0.39, 0.29) is 22.5 Å². The summed E-state index contributed by atoms with van der Waals surface area (Å²) in [5.41, 5.74) is -0.684. The summed E-state index contributed by atoms with van der Waals surface area (Å²) in [6, 6.07) is 13.0. The molecule has 2 rings (SSSR count). The lowest BCUT2D eigenvalue weighted by atomic mass is 10.1. The Morgan fingerprint density at radius 1 is 1.16 bits per heavy atom. The number of carboxylic acids is 1. The van der Waals surface area contributed by atoms with Crippen LogP contribution in [0.4, 0.5) is 11.4 Å². The molecule has 0 saturated carbocycles. The van der Waals surface area contributed by atoms with Gasteiger partial charge in [0, 0.05) is 6.07 Å². The maximum atomic E-state index is 12.2. The lowest BCUT2D eigenvalue weighted by Gasteiger charge is -2.07. The van der Waals surface area contributed by atoms with Crippen LogP contribution in [0.25, 0.3) is 6.08 Å². The molecule has 0 aliphatic rings. The van der Waals surface area contributed by atoms with Crippen molar-refractivity contribution in [3.8, 4) is 6.07 Å². The molecule has 8 heteroatoms. The molecule has 0 radical (unpaired) electrons. The molecule has 2 aromatic rings. The highest BCUT2D eigenvalue weighted by atomic mass is 16.6. The van der Waals surface area contributed by atoms with Gasteiger partial charge in [0.15, 0.2) is 0 Å². The second-order valence-corrected chi connectivity index (χ2v) is 4.79. The molecule has 25 heavy (non-hydrogen) atoms. The minimum atomic E-state index is -1.24. The van der Waals surface area contributed by atoms with Crippen molar-refractivity contribution in [1.29, 1.82) is 5.26 Å². The highest BCUT2D eigenvalue weighted by Crippen LogP contribution is 2.21. The monoisotopic (exact) mass is 337 g/mol. The summed E-state index contributed by atoms with van der Waals surface area (Å²) in [7, 11) is 0. The minimum absolute atomic E-state index is 0.0173. The Kier molecular flexibility index (Phi) is 5.22. The fourth-order valence-electron chi connectivity index (χ4n) is 2.05. The minimum Gasteiger partial charge on any atom is -0.478 e. The summed E-state index contributed by atoms with van der Waals surface area (Å²) >= 11 is 0. The summed E-state index contributed by atoms with van der Waals surface area (Å²) in [6.07, 6.45) is 1.08. The van der Waals surface area contributed by atoms with Gasteiger partial charge in [0.05, 0.1) is 21.7 Å². The van der Waals surface area contributed by atoms with Crippen molar-refractivity contribution in [1.82, 2.24) is 0 Å². The van der Waals surface area contributed by atoms with Crippen LogP contribution in [-0.2, 0) is 4.79 Å². The summed E-state index contributed by atoms with van der Waals surface area (Å²) in [5, 5.41) is 31.6. The highest BCUT2D eigenvalue weighted by Gasteiger charge is 2.17. The number of amides is 1. The predicted molar refractivity (Wildman–Crippen MR) is 88.7 cm³/mol. The Hall–Kier alpha value is -3.99. The van der Waals surface area contributed by atoms with Gasteiger partial charge in [-0.15, -0.1) is 0 Å². The van der Waals surface area contributed by atoms with Crippen molar-refractivity contribution >= 4 is 29.3 Å². The number of carbonyl (C=O) groups is 2. The lowest BCUT2D eigenvalue weighted by Crippen LogP contribution is -2.16. The SMILES string of the molecule is N#C/C(=C\c1ccccc1[N+](=O)[O-])C(=O)Nc1ccccc1C(=O)O. The number of aromatic carboxylic acids is 1. The van der Waals surface area contributed by atoms with E-state index in [1.807, 2.05) is 0 Å². The van der Waals surface area contributed by atoms with Crippen LogP contribution in [0.3, 0.4) is 0 Å². The molecule has 2 aromatic carbocycles. The number of nitriles is 1. The summed E-state index contributed by atoms with van der Waals surface area (Å²) in [4.78, 5) is 33.8. The number of nitrogens with one attached hydrogen (secondary N) is 1. The van der Waals surface area contributed by atoms with Crippen LogP contribution < -0.4 is 5.32 Å². The molecule has 0 atom stereocenters. The van der Waals surface area contributed by atoms with Gasteiger partial charge in [-0.1, -0.05) is 24.3 Å². The normalized spacial score (nSPS) is 10.6. The van der Waals surface area contributed by atoms with Crippen LogP contribution in [0.5, 0.6) is 0 Å². The predicted octanol–water partition coefficient (Wildman–Crippen LogP) is 2.84. The van der Waals surface area contributed by atoms with Crippen LogP contribution in [-0.4, -0.2) is 21.9 Å². The summed E-state index contributed by atoms with van der Waals surface area (Å²) in [5.74, 6) is -2.11. The maximum absolute atomic E-state index is 12.2. The number of rotatable bonds is 5. The van der Waals surface area contributed by atoms with E-state index in [4.69, 9.17) is 5.11 Å². The zero-order valence-electron chi connectivity index (χ0n) is 12.7. The molecule has 124 valence electrons. The van der Waals surface area contributed by atoms with E-state index in [0.717, 1.165) is 6.08 Å². The zero-order chi connectivity index (χ0) is 18.4. The van der Waals surface area contributed by atoms with Gasteiger partial charge in [-0.2, -0.15) is 5.26 Å². The Morgan fingerprint density at radius 2 is 1.80 bits per heavy atom. The Morgan fingerprint density at radius 3 is 2.44 bits per heavy atom. The van der Waals surface area contributed by atoms with Crippen molar-refractivity contribution in [2.24, 2.45) is 0 Å². The lowest BCUT2D eigenvalue weighted by molar-refractivity contribution is -0.385. The molecule has 0 unspecified atom stereocenters. The van der Waals surface area contributed by atoms with Gasteiger partial charge in [-0.3, -0.25) is 14.9 Å². The van der Waals surface area contributed by atoms with E-state index in [2.05, 4.69) is 5.32 Å². The molecule has 0 aromatic heterocycles. The first-order valence-corrected chi connectivity index (χ1v) is 6.93. The van der Waals surface area contributed by atoms with Crippen molar-refractivity contribution in [3.63, 3.8) is 0 Å². The molecule has 0 aliphatic carbocycles.